The molecule has 0 spiro atoms. The zero-order valence-electron chi connectivity index (χ0n) is 10.3. The van der Waals surface area contributed by atoms with Crippen LogP contribution in [0.2, 0.25) is 0 Å². The van der Waals surface area contributed by atoms with Gasteiger partial charge in [0.1, 0.15) is 0 Å². The van der Waals surface area contributed by atoms with Gasteiger partial charge in [-0.2, -0.15) is 0 Å². The summed E-state index contributed by atoms with van der Waals surface area (Å²) in [6, 6.07) is 0. The van der Waals surface area contributed by atoms with Crippen LogP contribution in [0, 0.1) is 0 Å². The van der Waals surface area contributed by atoms with Crippen LogP contribution in [-0.4, -0.2) is 12.7 Å². The van der Waals surface area contributed by atoms with E-state index in [0.717, 1.165) is 6.61 Å². The van der Waals surface area contributed by atoms with Gasteiger partial charge >= 0.3 is 0 Å². The summed E-state index contributed by atoms with van der Waals surface area (Å²) >= 11 is 0. The van der Waals surface area contributed by atoms with Gasteiger partial charge in [0.05, 0.1) is 6.10 Å². The van der Waals surface area contributed by atoms with Crippen LogP contribution in [0.4, 0.5) is 0 Å². The Morgan fingerprint density at radius 2 is 1.50 bits per heavy atom. The molecule has 0 radical (unpaired) electrons. The van der Waals surface area contributed by atoms with Crippen molar-refractivity contribution >= 4 is 0 Å². The van der Waals surface area contributed by atoms with Crippen molar-refractivity contribution in [2.75, 3.05) is 6.61 Å². The third-order valence-corrected chi connectivity index (χ3v) is 2.64. The normalized spacial score (nSPS) is 13.1. The molecule has 14 heavy (non-hydrogen) atoms. The van der Waals surface area contributed by atoms with Crippen molar-refractivity contribution in [3.05, 3.63) is 0 Å². The Hall–Kier alpha value is -0.0400. The first-order valence-electron chi connectivity index (χ1n) is 6.46. The molecule has 0 saturated heterocycles. The smallest absolute Gasteiger partial charge is 0.0574 e. The minimum atomic E-state index is 0.534. The Labute approximate surface area is 90.2 Å². The highest BCUT2D eigenvalue weighted by atomic mass is 16.5. The molecule has 0 aliphatic heterocycles. The number of unbranched alkanes of at least 4 members (excludes halogenated alkanes) is 4. The van der Waals surface area contributed by atoms with Crippen molar-refractivity contribution in [1.29, 1.82) is 0 Å². The molecule has 0 aromatic heterocycles. The molecule has 0 heterocycles. The molecule has 0 rings (SSSR count). The minimum absolute atomic E-state index is 0.534. The van der Waals surface area contributed by atoms with Crippen molar-refractivity contribution in [3.63, 3.8) is 0 Å². The number of hydrogen-bond donors (Lipinski definition) is 0. The average Bonchev–Trinajstić information content (AvgIpc) is 2.18. The number of rotatable bonds is 10. The second-order valence-electron chi connectivity index (χ2n) is 4.07. The van der Waals surface area contributed by atoms with Gasteiger partial charge in [0.2, 0.25) is 0 Å². The molecule has 1 heteroatoms. The molecular weight excluding hydrogens is 172 g/mol. The largest absolute Gasteiger partial charge is 0.379 e. The van der Waals surface area contributed by atoms with Crippen LogP contribution < -0.4 is 0 Å². The summed E-state index contributed by atoms with van der Waals surface area (Å²) in [6.45, 7) is 7.47. The van der Waals surface area contributed by atoms with Gasteiger partial charge in [-0.1, -0.05) is 52.4 Å². The van der Waals surface area contributed by atoms with Crippen molar-refractivity contribution in [1.82, 2.24) is 0 Å². The lowest BCUT2D eigenvalue weighted by Crippen LogP contribution is -2.12. The van der Waals surface area contributed by atoms with Gasteiger partial charge in [0.15, 0.2) is 0 Å². The van der Waals surface area contributed by atoms with Gasteiger partial charge < -0.3 is 4.74 Å². The molecule has 0 amide bonds. The topological polar surface area (TPSA) is 9.23 Å². The van der Waals surface area contributed by atoms with Crippen molar-refractivity contribution < 1.29 is 4.74 Å². The van der Waals surface area contributed by atoms with E-state index >= 15 is 0 Å². The first kappa shape index (κ1) is 14.0. The quantitative estimate of drug-likeness (QED) is 0.470. The van der Waals surface area contributed by atoms with E-state index in [9.17, 15) is 0 Å². The second kappa shape index (κ2) is 11.0. The summed E-state index contributed by atoms with van der Waals surface area (Å²) < 4.78 is 5.69. The van der Waals surface area contributed by atoms with Crippen LogP contribution in [0.15, 0.2) is 0 Å². The van der Waals surface area contributed by atoms with Crippen LogP contribution >= 0.6 is 0 Å². The minimum Gasteiger partial charge on any atom is -0.379 e. The third kappa shape index (κ3) is 8.55. The molecule has 0 saturated carbocycles. The van der Waals surface area contributed by atoms with Crippen molar-refractivity contribution in [2.45, 2.75) is 78.2 Å². The van der Waals surface area contributed by atoms with Crippen LogP contribution in [0.1, 0.15) is 72.1 Å². The first-order chi connectivity index (χ1) is 6.85. The molecule has 0 aliphatic rings. The highest BCUT2D eigenvalue weighted by Crippen LogP contribution is 2.13. The van der Waals surface area contributed by atoms with Crippen molar-refractivity contribution in [2.24, 2.45) is 0 Å². The fourth-order valence-electron chi connectivity index (χ4n) is 1.84. The summed E-state index contributed by atoms with van der Waals surface area (Å²) in [5, 5.41) is 0. The molecule has 0 aromatic carbocycles. The van der Waals surface area contributed by atoms with Gasteiger partial charge in [0, 0.05) is 6.61 Å². The van der Waals surface area contributed by atoms with E-state index in [4.69, 9.17) is 4.74 Å². The van der Waals surface area contributed by atoms with Crippen LogP contribution in [0.3, 0.4) is 0 Å². The monoisotopic (exact) mass is 200 g/mol. The maximum absolute atomic E-state index is 5.69. The lowest BCUT2D eigenvalue weighted by molar-refractivity contribution is 0.0484. The predicted molar refractivity (Wildman–Crippen MR) is 63.7 cm³/mol. The van der Waals surface area contributed by atoms with Gasteiger partial charge in [-0.3, -0.25) is 0 Å². The van der Waals surface area contributed by atoms with E-state index < -0.39 is 0 Å². The zero-order valence-corrected chi connectivity index (χ0v) is 10.3. The van der Waals surface area contributed by atoms with Gasteiger partial charge in [-0.15, -0.1) is 0 Å². The van der Waals surface area contributed by atoms with Crippen LogP contribution in [0.5, 0.6) is 0 Å². The van der Waals surface area contributed by atoms with E-state index in [2.05, 4.69) is 20.8 Å². The van der Waals surface area contributed by atoms with E-state index in [1.54, 1.807) is 0 Å². The van der Waals surface area contributed by atoms with Gasteiger partial charge in [0.25, 0.3) is 0 Å². The highest BCUT2D eigenvalue weighted by molar-refractivity contribution is 4.57. The maximum atomic E-state index is 5.69. The van der Waals surface area contributed by atoms with Gasteiger partial charge in [-0.25, -0.2) is 0 Å². The third-order valence-electron chi connectivity index (χ3n) is 2.64. The Balaban J connectivity index is 3.30. The lowest BCUT2D eigenvalue weighted by atomic mass is 10.1. The van der Waals surface area contributed by atoms with Crippen molar-refractivity contribution in [3.8, 4) is 0 Å². The fourth-order valence-corrected chi connectivity index (χ4v) is 1.84. The molecule has 0 aromatic rings. The summed E-state index contributed by atoms with van der Waals surface area (Å²) in [4.78, 5) is 0. The number of ether oxygens (including phenoxy) is 1. The van der Waals surface area contributed by atoms with E-state index in [1.807, 2.05) is 0 Å². The standard InChI is InChI=1S/C13H28O/c1-4-7-8-9-10-12-13(11-5-2)14-6-3/h13H,4-12H2,1-3H3. The number of hydrogen-bond acceptors (Lipinski definition) is 1. The Bertz CT molecular complexity index is 95.4. The van der Waals surface area contributed by atoms with Gasteiger partial charge in [-0.05, 0) is 19.8 Å². The Kier molecular flexibility index (Phi) is 11.0. The molecule has 1 atom stereocenters. The molecule has 0 fully saturated rings. The highest BCUT2D eigenvalue weighted by Gasteiger charge is 2.05. The predicted octanol–water partition coefficient (Wildman–Crippen LogP) is 4.55. The Morgan fingerprint density at radius 3 is 2.07 bits per heavy atom. The summed E-state index contributed by atoms with van der Waals surface area (Å²) in [5.41, 5.74) is 0. The summed E-state index contributed by atoms with van der Waals surface area (Å²) in [7, 11) is 0. The summed E-state index contributed by atoms with van der Waals surface area (Å²) in [6.07, 6.45) is 11.2. The zero-order chi connectivity index (χ0) is 10.6. The second-order valence-corrected chi connectivity index (χ2v) is 4.07. The Morgan fingerprint density at radius 1 is 0.786 bits per heavy atom. The first-order valence-corrected chi connectivity index (χ1v) is 6.46. The molecule has 86 valence electrons. The van der Waals surface area contributed by atoms with E-state index in [-0.39, 0.29) is 0 Å². The molecule has 0 bridgehead atoms. The molecule has 0 N–H and O–H groups in total. The lowest BCUT2D eigenvalue weighted by Gasteiger charge is -2.15. The SMILES string of the molecule is CCCCCCCC(CCC)OCC. The molecular formula is C13H28O. The van der Waals surface area contributed by atoms with Crippen LogP contribution in [0.25, 0.3) is 0 Å². The molecule has 1 unspecified atom stereocenters. The molecule has 1 nitrogen and oxygen atoms in total. The van der Waals surface area contributed by atoms with E-state index in [1.165, 1.54) is 51.4 Å². The van der Waals surface area contributed by atoms with Crippen LogP contribution in [-0.2, 0) is 4.74 Å². The maximum Gasteiger partial charge on any atom is 0.0574 e. The summed E-state index contributed by atoms with van der Waals surface area (Å²) in [5.74, 6) is 0. The molecule has 0 aliphatic carbocycles. The van der Waals surface area contributed by atoms with E-state index in [0.29, 0.717) is 6.10 Å². The average molecular weight is 200 g/mol. The fraction of sp³-hybridized carbons (Fsp3) is 1.00.